The Labute approximate surface area is 138 Å². The lowest BCUT2D eigenvalue weighted by Gasteiger charge is -2.21. The van der Waals surface area contributed by atoms with E-state index in [-0.39, 0.29) is 27.9 Å². The zero-order valence-electron chi connectivity index (χ0n) is 11.7. The van der Waals surface area contributed by atoms with E-state index >= 15 is 0 Å². The summed E-state index contributed by atoms with van der Waals surface area (Å²) >= 11 is 13.5. The molecule has 1 atom stereocenters. The van der Waals surface area contributed by atoms with Gasteiger partial charge in [0.25, 0.3) is 5.91 Å². The van der Waals surface area contributed by atoms with Gasteiger partial charge in [-0.1, -0.05) is 43.1 Å². The van der Waals surface area contributed by atoms with E-state index in [2.05, 4.69) is 19.2 Å². The Bertz CT molecular complexity index is 618. The van der Waals surface area contributed by atoms with Gasteiger partial charge in [-0.05, 0) is 29.5 Å². The van der Waals surface area contributed by atoms with Crippen LogP contribution in [0.3, 0.4) is 0 Å². The molecule has 0 bridgehead atoms. The number of nitrogens with one attached hydrogen (secondary N) is 1. The molecule has 112 valence electrons. The molecule has 0 aliphatic rings. The third-order valence-electron chi connectivity index (χ3n) is 3.12. The highest BCUT2D eigenvalue weighted by atomic mass is 35.5. The zero-order valence-corrected chi connectivity index (χ0v) is 14.0. The van der Waals surface area contributed by atoms with E-state index in [1.807, 2.05) is 17.5 Å². The second kappa shape index (κ2) is 6.69. The van der Waals surface area contributed by atoms with Crippen molar-refractivity contribution in [3.8, 4) is 0 Å². The van der Waals surface area contributed by atoms with Crippen LogP contribution in [0.5, 0.6) is 0 Å². The van der Waals surface area contributed by atoms with E-state index in [1.54, 1.807) is 11.3 Å². The molecule has 0 aliphatic heterocycles. The molecule has 21 heavy (non-hydrogen) atoms. The minimum atomic E-state index is -0.215. The van der Waals surface area contributed by atoms with Crippen LogP contribution in [-0.4, -0.2) is 5.91 Å². The molecule has 0 spiro atoms. The molecule has 0 saturated carbocycles. The van der Waals surface area contributed by atoms with Crippen LogP contribution in [0.25, 0.3) is 0 Å². The summed E-state index contributed by atoms with van der Waals surface area (Å²) in [6, 6.07) is 7.00. The van der Waals surface area contributed by atoms with Gasteiger partial charge in [-0.3, -0.25) is 4.79 Å². The van der Waals surface area contributed by atoms with Crippen molar-refractivity contribution in [3.05, 3.63) is 50.1 Å². The second-order valence-electron chi connectivity index (χ2n) is 5.07. The summed E-state index contributed by atoms with van der Waals surface area (Å²) in [5.41, 5.74) is 6.45. The number of rotatable bonds is 4. The van der Waals surface area contributed by atoms with Gasteiger partial charge in [0.2, 0.25) is 0 Å². The van der Waals surface area contributed by atoms with E-state index in [0.717, 1.165) is 4.88 Å². The van der Waals surface area contributed by atoms with E-state index in [4.69, 9.17) is 28.9 Å². The average molecular weight is 343 g/mol. The first kappa shape index (κ1) is 16.1. The number of hydrogen-bond acceptors (Lipinski definition) is 3. The van der Waals surface area contributed by atoms with Crippen LogP contribution in [0.1, 0.15) is 35.1 Å². The number of amides is 1. The molecule has 1 aromatic carbocycles. The highest BCUT2D eigenvalue weighted by Gasteiger charge is 2.21. The van der Waals surface area contributed by atoms with Crippen molar-refractivity contribution < 1.29 is 4.79 Å². The molecule has 3 N–H and O–H groups in total. The minimum Gasteiger partial charge on any atom is -0.397 e. The number of benzene rings is 1. The Balaban J connectivity index is 2.24. The molecular weight excluding hydrogens is 327 g/mol. The van der Waals surface area contributed by atoms with Crippen molar-refractivity contribution in [2.45, 2.75) is 19.9 Å². The average Bonchev–Trinajstić information content (AvgIpc) is 2.94. The topological polar surface area (TPSA) is 55.1 Å². The summed E-state index contributed by atoms with van der Waals surface area (Å²) in [4.78, 5) is 13.5. The summed E-state index contributed by atoms with van der Waals surface area (Å²) in [6.45, 7) is 4.13. The maximum absolute atomic E-state index is 12.4. The number of carbonyl (C=O) groups excluding carboxylic acids is 1. The molecule has 0 fully saturated rings. The normalized spacial score (nSPS) is 12.4. The maximum Gasteiger partial charge on any atom is 0.251 e. The fraction of sp³-hybridized carbons (Fsp3) is 0.267. The van der Waals surface area contributed by atoms with Gasteiger partial charge in [0.1, 0.15) is 0 Å². The summed E-state index contributed by atoms with van der Waals surface area (Å²) in [6.07, 6.45) is 0. The minimum absolute atomic E-state index is 0.0480. The Morgan fingerprint density at radius 2 is 2.05 bits per heavy atom. The lowest BCUT2D eigenvalue weighted by molar-refractivity contribution is 0.0926. The molecule has 3 nitrogen and oxygen atoms in total. The van der Waals surface area contributed by atoms with Gasteiger partial charge in [-0.15, -0.1) is 11.3 Å². The van der Waals surface area contributed by atoms with Crippen LogP contribution < -0.4 is 11.1 Å². The van der Waals surface area contributed by atoms with Gasteiger partial charge in [-0.2, -0.15) is 0 Å². The number of hydrogen-bond donors (Lipinski definition) is 2. The molecule has 0 saturated heterocycles. The first-order valence-corrected chi connectivity index (χ1v) is 8.12. The molecule has 0 aliphatic carbocycles. The summed E-state index contributed by atoms with van der Waals surface area (Å²) in [5.74, 6) is 0.0556. The van der Waals surface area contributed by atoms with E-state index in [0.29, 0.717) is 11.3 Å². The summed E-state index contributed by atoms with van der Waals surface area (Å²) in [7, 11) is 0. The molecule has 1 heterocycles. The number of carbonyl (C=O) groups is 1. The SMILES string of the molecule is CC(C)C(NC(=O)c1cc(N)c(Cl)c(Cl)c1)c1cccs1. The Kier molecular flexibility index (Phi) is 5.14. The smallest absolute Gasteiger partial charge is 0.251 e. The third kappa shape index (κ3) is 3.70. The molecule has 1 amide bonds. The van der Waals surface area contributed by atoms with E-state index in [9.17, 15) is 4.79 Å². The van der Waals surface area contributed by atoms with Gasteiger partial charge in [0.05, 0.1) is 21.8 Å². The van der Waals surface area contributed by atoms with Crippen LogP contribution in [0.15, 0.2) is 29.6 Å². The predicted octanol–water partition coefficient (Wildman–Crippen LogP) is 4.76. The predicted molar refractivity (Wildman–Crippen MR) is 90.2 cm³/mol. The van der Waals surface area contributed by atoms with Gasteiger partial charge < -0.3 is 11.1 Å². The maximum atomic E-state index is 12.4. The van der Waals surface area contributed by atoms with Crippen LogP contribution in [0.2, 0.25) is 10.0 Å². The van der Waals surface area contributed by atoms with Gasteiger partial charge in [0, 0.05) is 10.4 Å². The number of anilines is 1. The lowest BCUT2D eigenvalue weighted by atomic mass is 10.0. The van der Waals surface area contributed by atoms with Gasteiger partial charge in [-0.25, -0.2) is 0 Å². The Hall–Kier alpha value is -1.23. The fourth-order valence-corrected chi connectivity index (χ4v) is 3.29. The van der Waals surface area contributed by atoms with Crippen molar-refractivity contribution in [1.29, 1.82) is 0 Å². The van der Waals surface area contributed by atoms with Crippen LogP contribution in [0, 0.1) is 5.92 Å². The van der Waals surface area contributed by atoms with Crippen LogP contribution in [0.4, 0.5) is 5.69 Å². The first-order chi connectivity index (χ1) is 9.90. The molecule has 2 aromatic rings. The van der Waals surface area contributed by atoms with Gasteiger partial charge in [0.15, 0.2) is 0 Å². The molecule has 2 rings (SSSR count). The van der Waals surface area contributed by atoms with Crippen LogP contribution >= 0.6 is 34.5 Å². The quantitative estimate of drug-likeness (QED) is 0.786. The van der Waals surface area contributed by atoms with E-state index < -0.39 is 0 Å². The molecule has 1 unspecified atom stereocenters. The van der Waals surface area contributed by atoms with Crippen molar-refractivity contribution in [2.24, 2.45) is 5.92 Å². The summed E-state index contributed by atoms with van der Waals surface area (Å²) < 4.78 is 0. The van der Waals surface area contributed by atoms with Crippen molar-refractivity contribution in [1.82, 2.24) is 5.32 Å². The Morgan fingerprint density at radius 1 is 1.33 bits per heavy atom. The molecule has 0 radical (unpaired) electrons. The number of thiophene rings is 1. The Morgan fingerprint density at radius 3 is 2.57 bits per heavy atom. The molecule has 6 heteroatoms. The zero-order chi connectivity index (χ0) is 15.6. The van der Waals surface area contributed by atoms with Crippen molar-refractivity contribution in [2.75, 3.05) is 5.73 Å². The first-order valence-electron chi connectivity index (χ1n) is 6.49. The fourth-order valence-electron chi connectivity index (χ4n) is 2.00. The largest absolute Gasteiger partial charge is 0.397 e. The lowest BCUT2D eigenvalue weighted by Crippen LogP contribution is -2.31. The number of nitrogen functional groups attached to an aromatic ring is 1. The third-order valence-corrected chi connectivity index (χ3v) is 4.89. The van der Waals surface area contributed by atoms with Crippen LogP contribution in [-0.2, 0) is 0 Å². The number of nitrogens with two attached hydrogens (primary N) is 1. The second-order valence-corrected chi connectivity index (χ2v) is 6.84. The highest BCUT2D eigenvalue weighted by molar-refractivity contribution is 7.10. The number of halogens is 2. The molecular formula is C15H16Cl2N2OS. The monoisotopic (exact) mass is 342 g/mol. The highest BCUT2D eigenvalue weighted by Crippen LogP contribution is 2.30. The van der Waals surface area contributed by atoms with Crippen molar-refractivity contribution in [3.63, 3.8) is 0 Å². The summed E-state index contributed by atoms with van der Waals surface area (Å²) in [5, 5.41) is 5.56. The standard InChI is InChI=1S/C15H16Cl2N2OS/c1-8(2)14(12-4-3-5-21-12)19-15(20)9-6-10(16)13(17)11(18)7-9/h3-8,14H,18H2,1-2H3,(H,19,20). The van der Waals surface area contributed by atoms with E-state index in [1.165, 1.54) is 12.1 Å². The molecule has 1 aromatic heterocycles. The van der Waals surface area contributed by atoms with Gasteiger partial charge >= 0.3 is 0 Å². The van der Waals surface area contributed by atoms with Crippen molar-refractivity contribution >= 4 is 46.1 Å².